The van der Waals surface area contributed by atoms with Crippen LogP contribution in [0.25, 0.3) is 0 Å². The van der Waals surface area contributed by atoms with E-state index in [0.717, 1.165) is 0 Å². The second-order valence-corrected chi connectivity index (χ2v) is 5.10. The number of halogens is 1. The van der Waals surface area contributed by atoms with Crippen LogP contribution >= 0.6 is 11.6 Å². The van der Waals surface area contributed by atoms with Crippen LogP contribution in [0.5, 0.6) is 0 Å². The topological polar surface area (TPSA) is 74.2 Å². The third kappa shape index (κ3) is 2.41. The Bertz CT molecular complexity index is 333. The van der Waals surface area contributed by atoms with Gasteiger partial charge in [0.05, 0.1) is 13.2 Å². The fourth-order valence-electron chi connectivity index (χ4n) is 2.17. The van der Waals surface area contributed by atoms with Crippen molar-refractivity contribution in [3.63, 3.8) is 0 Å². The number of Topliss-reactive ketones (excluding diaryl/α,β-unsaturated/α-hetero) is 1. The zero-order valence-electron chi connectivity index (χ0n) is 10.3. The quantitative estimate of drug-likeness (QED) is 0.734. The van der Waals surface area contributed by atoms with E-state index < -0.39 is 36.2 Å². The van der Waals surface area contributed by atoms with Gasteiger partial charge in [0, 0.05) is 5.88 Å². The predicted molar refractivity (Wildman–Crippen MR) is 61.3 cm³/mol. The van der Waals surface area contributed by atoms with E-state index in [0.29, 0.717) is 0 Å². The van der Waals surface area contributed by atoms with Crippen LogP contribution < -0.4 is 0 Å². The summed E-state index contributed by atoms with van der Waals surface area (Å²) in [7, 11) is 0. The SMILES string of the molecule is CC1(C)O[C@@H]2CO[C@@](CO)(OCCCl)C(=O)[C@@H]2O1. The Labute approximate surface area is 110 Å². The fourth-order valence-corrected chi connectivity index (χ4v) is 2.25. The van der Waals surface area contributed by atoms with Gasteiger partial charge in [0.15, 0.2) is 11.9 Å². The van der Waals surface area contributed by atoms with Crippen LogP contribution in [0.4, 0.5) is 0 Å². The molecule has 0 radical (unpaired) electrons. The van der Waals surface area contributed by atoms with Gasteiger partial charge in [0.25, 0.3) is 5.79 Å². The van der Waals surface area contributed by atoms with Gasteiger partial charge in [-0.05, 0) is 13.8 Å². The molecule has 2 aliphatic heterocycles. The first-order valence-corrected chi connectivity index (χ1v) is 6.32. The van der Waals surface area contributed by atoms with E-state index in [1.807, 2.05) is 0 Å². The predicted octanol–water partition coefficient (Wildman–Crippen LogP) is 0.0498. The molecule has 0 aromatic rings. The molecular formula is C11H17ClO6. The summed E-state index contributed by atoms with van der Waals surface area (Å²) in [5, 5.41) is 9.38. The summed E-state index contributed by atoms with van der Waals surface area (Å²) in [6.07, 6.45) is -1.25. The molecule has 0 unspecified atom stereocenters. The molecule has 104 valence electrons. The van der Waals surface area contributed by atoms with Crippen LogP contribution in [0.15, 0.2) is 0 Å². The Morgan fingerprint density at radius 3 is 2.83 bits per heavy atom. The maximum atomic E-state index is 12.3. The van der Waals surface area contributed by atoms with E-state index in [-0.39, 0.29) is 19.1 Å². The lowest BCUT2D eigenvalue weighted by molar-refractivity contribution is -0.264. The van der Waals surface area contributed by atoms with Gasteiger partial charge in [0.1, 0.15) is 12.7 Å². The maximum absolute atomic E-state index is 12.3. The fraction of sp³-hybridized carbons (Fsp3) is 0.909. The Hall–Kier alpha value is -0.240. The van der Waals surface area contributed by atoms with Gasteiger partial charge < -0.3 is 24.1 Å². The van der Waals surface area contributed by atoms with Crippen LogP contribution in [0, 0.1) is 0 Å². The number of fused-ring (bicyclic) bond motifs is 1. The number of carbonyl (C=O) groups is 1. The second kappa shape index (κ2) is 5.03. The second-order valence-electron chi connectivity index (χ2n) is 4.72. The van der Waals surface area contributed by atoms with Gasteiger partial charge in [-0.1, -0.05) is 0 Å². The van der Waals surface area contributed by atoms with Crippen molar-refractivity contribution in [1.82, 2.24) is 0 Å². The number of carbonyl (C=O) groups excluding carboxylic acids is 1. The summed E-state index contributed by atoms with van der Waals surface area (Å²) < 4.78 is 21.7. The van der Waals surface area contributed by atoms with Gasteiger partial charge >= 0.3 is 0 Å². The molecule has 0 aromatic carbocycles. The molecule has 0 spiro atoms. The molecule has 0 amide bonds. The van der Waals surface area contributed by atoms with Crippen molar-refractivity contribution in [1.29, 1.82) is 0 Å². The summed E-state index contributed by atoms with van der Waals surface area (Å²) in [4.78, 5) is 12.3. The molecule has 0 aliphatic carbocycles. The Balaban J connectivity index is 2.15. The minimum Gasteiger partial charge on any atom is -0.390 e. The average Bonchev–Trinajstić information content (AvgIpc) is 2.65. The number of ether oxygens (including phenoxy) is 4. The lowest BCUT2D eigenvalue weighted by atomic mass is 9.99. The lowest BCUT2D eigenvalue weighted by Gasteiger charge is -2.37. The van der Waals surface area contributed by atoms with E-state index in [4.69, 9.17) is 30.5 Å². The molecule has 2 aliphatic rings. The van der Waals surface area contributed by atoms with E-state index in [9.17, 15) is 9.90 Å². The summed E-state index contributed by atoms with van der Waals surface area (Å²) in [6, 6.07) is 0. The van der Waals surface area contributed by atoms with Crippen LogP contribution in [0.3, 0.4) is 0 Å². The number of alkyl halides is 1. The van der Waals surface area contributed by atoms with Crippen LogP contribution in [0.1, 0.15) is 13.8 Å². The molecule has 3 atom stereocenters. The Morgan fingerprint density at radius 2 is 2.22 bits per heavy atom. The standard InChI is InChI=1S/C11H17ClO6/c1-10(2)17-7-5-16-11(6-13,15-4-3-12)9(14)8(7)18-10/h7-8,13H,3-6H2,1-2H3/t7-,8-,11-/m1/s1. The third-order valence-corrected chi connectivity index (χ3v) is 3.07. The van der Waals surface area contributed by atoms with Crippen molar-refractivity contribution in [2.24, 2.45) is 0 Å². The summed E-state index contributed by atoms with van der Waals surface area (Å²) in [5.74, 6) is -2.78. The van der Waals surface area contributed by atoms with E-state index in [1.54, 1.807) is 13.8 Å². The smallest absolute Gasteiger partial charge is 0.255 e. The highest BCUT2D eigenvalue weighted by atomic mass is 35.5. The molecule has 2 fully saturated rings. The van der Waals surface area contributed by atoms with Gasteiger partial charge in [-0.2, -0.15) is 0 Å². The maximum Gasteiger partial charge on any atom is 0.255 e. The Morgan fingerprint density at radius 1 is 1.50 bits per heavy atom. The first-order valence-electron chi connectivity index (χ1n) is 5.79. The number of aliphatic hydroxyl groups excluding tert-OH is 1. The molecule has 0 aromatic heterocycles. The van der Waals surface area contributed by atoms with Crippen molar-refractivity contribution in [2.45, 2.75) is 37.6 Å². The van der Waals surface area contributed by atoms with Crippen molar-refractivity contribution in [2.75, 3.05) is 25.7 Å². The molecule has 0 saturated carbocycles. The molecule has 6 nitrogen and oxygen atoms in total. The molecule has 0 bridgehead atoms. The first kappa shape index (κ1) is 14.2. The van der Waals surface area contributed by atoms with Gasteiger partial charge in [-0.15, -0.1) is 11.6 Å². The highest BCUT2D eigenvalue weighted by molar-refractivity contribution is 6.18. The van der Waals surface area contributed by atoms with E-state index in [1.165, 1.54) is 0 Å². The molecule has 2 saturated heterocycles. The molecule has 2 rings (SSSR count). The monoisotopic (exact) mass is 280 g/mol. The lowest BCUT2D eigenvalue weighted by Crippen LogP contribution is -2.60. The molecule has 7 heteroatoms. The molecule has 2 heterocycles. The van der Waals surface area contributed by atoms with Crippen LogP contribution in [-0.2, 0) is 23.7 Å². The summed E-state index contributed by atoms with van der Waals surface area (Å²) in [6.45, 7) is 3.10. The van der Waals surface area contributed by atoms with E-state index >= 15 is 0 Å². The van der Waals surface area contributed by atoms with E-state index in [2.05, 4.69) is 0 Å². The minimum atomic E-state index is -1.68. The number of ketones is 1. The van der Waals surface area contributed by atoms with Crippen LogP contribution in [0.2, 0.25) is 0 Å². The Kier molecular flexibility index (Phi) is 3.96. The van der Waals surface area contributed by atoms with Gasteiger partial charge in [-0.25, -0.2) is 0 Å². The first-order chi connectivity index (χ1) is 8.44. The zero-order valence-corrected chi connectivity index (χ0v) is 11.1. The van der Waals surface area contributed by atoms with Crippen LogP contribution in [-0.4, -0.2) is 60.4 Å². The highest BCUT2D eigenvalue weighted by Gasteiger charge is 2.57. The van der Waals surface area contributed by atoms with Crippen molar-refractivity contribution >= 4 is 17.4 Å². The van der Waals surface area contributed by atoms with Gasteiger partial charge in [0.2, 0.25) is 5.78 Å². The third-order valence-electron chi connectivity index (χ3n) is 2.92. The van der Waals surface area contributed by atoms with Gasteiger partial charge in [-0.3, -0.25) is 4.79 Å². The number of aliphatic hydroxyl groups is 1. The number of rotatable bonds is 4. The molecular weight excluding hydrogens is 264 g/mol. The highest BCUT2D eigenvalue weighted by Crippen LogP contribution is 2.36. The minimum absolute atomic E-state index is 0.107. The summed E-state index contributed by atoms with van der Waals surface area (Å²) >= 11 is 5.51. The van der Waals surface area contributed by atoms with Crippen molar-refractivity contribution in [3.05, 3.63) is 0 Å². The summed E-state index contributed by atoms with van der Waals surface area (Å²) in [5.41, 5.74) is 0. The molecule has 1 N–H and O–H groups in total. The zero-order chi connectivity index (χ0) is 13.4. The van der Waals surface area contributed by atoms with Crippen molar-refractivity contribution < 1.29 is 28.8 Å². The average molecular weight is 281 g/mol. The number of hydrogen-bond acceptors (Lipinski definition) is 6. The normalized spacial score (nSPS) is 38.8. The molecule has 18 heavy (non-hydrogen) atoms. The number of hydrogen-bond donors (Lipinski definition) is 1. The largest absolute Gasteiger partial charge is 0.390 e. The van der Waals surface area contributed by atoms with Crippen molar-refractivity contribution in [3.8, 4) is 0 Å².